The van der Waals surface area contributed by atoms with Crippen LogP contribution in [0.5, 0.6) is 5.75 Å². The summed E-state index contributed by atoms with van der Waals surface area (Å²) in [6.45, 7) is 2.23. The SMILES string of the molecule is CCCCCCc1[c]c(OC)ccc1. The van der Waals surface area contributed by atoms with Gasteiger partial charge < -0.3 is 4.74 Å². The molecule has 0 aromatic heterocycles. The number of ether oxygens (including phenoxy) is 1. The second kappa shape index (κ2) is 6.47. The average Bonchev–Trinajstić information content (AvgIpc) is 2.25. The molecule has 1 aromatic rings. The van der Waals surface area contributed by atoms with E-state index < -0.39 is 0 Å². The Balaban J connectivity index is 2.34. The van der Waals surface area contributed by atoms with E-state index in [-0.39, 0.29) is 0 Å². The zero-order chi connectivity index (χ0) is 10.2. The molecular formula is C13H19O. The summed E-state index contributed by atoms with van der Waals surface area (Å²) in [6, 6.07) is 9.34. The molecule has 0 aliphatic rings. The van der Waals surface area contributed by atoms with Gasteiger partial charge in [0.1, 0.15) is 5.75 Å². The largest absolute Gasteiger partial charge is 0.496 e. The summed E-state index contributed by atoms with van der Waals surface area (Å²) in [5.74, 6) is 0.845. The zero-order valence-electron chi connectivity index (χ0n) is 9.18. The summed E-state index contributed by atoms with van der Waals surface area (Å²) in [5.41, 5.74) is 1.26. The lowest BCUT2D eigenvalue weighted by Crippen LogP contribution is -1.88. The summed E-state index contributed by atoms with van der Waals surface area (Å²) in [5, 5.41) is 0. The van der Waals surface area contributed by atoms with Crippen LogP contribution in [0.4, 0.5) is 0 Å². The minimum Gasteiger partial charge on any atom is -0.496 e. The quantitative estimate of drug-likeness (QED) is 0.624. The van der Waals surface area contributed by atoms with E-state index in [0.717, 1.165) is 12.2 Å². The lowest BCUT2D eigenvalue weighted by atomic mass is 10.1. The van der Waals surface area contributed by atoms with Gasteiger partial charge in [-0.3, -0.25) is 0 Å². The van der Waals surface area contributed by atoms with Crippen molar-refractivity contribution in [2.75, 3.05) is 7.11 Å². The van der Waals surface area contributed by atoms with E-state index in [2.05, 4.69) is 19.1 Å². The number of unbranched alkanes of at least 4 members (excludes halogenated alkanes) is 3. The fourth-order valence-corrected chi connectivity index (χ4v) is 1.50. The Morgan fingerprint density at radius 3 is 2.79 bits per heavy atom. The molecule has 0 atom stereocenters. The molecule has 0 amide bonds. The number of rotatable bonds is 6. The molecule has 0 N–H and O–H groups in total. The molecule has 1 nitrogen and oxygen atoms in total. The molecule has 1 radical (unpaired) electrons. The molecular weight excluding hydrogens is 172 g/mol. The first kappa shape index (κ1) is 11.1. The maximum absolute atomic E-state index is 5.13. The van der Waals surface area contributed by atoms with Crippen molar-refractivity contribution in [2.24, 2.45) is 0 Å². The Hall–Kier alpha value is -0.980. The predicted molar refractivity (Wildman–Crippen MR) is 59.7 cm³/mol. The predicted octanol–water partition coefficient (Wildman–Crippen LogP) is 3.62. The molecule has 0 unspecified atom stereocenters. The molecule has 0 aliphatic carbocycles. The van der Waals surface area contributed by atoms with Crippen molar-refractivity contribution in [3.63, 3.8) is 0 Å². The summed E-state index contributed by atoms with van der Waals surface area (Å²) in [6.07, 6.45) is 6.34. The first-order valence-corrected chi connectivity index (χ1v) is 5.42. The number of hydrogen-bond acceptors (Lipinski definition) is 1. The van der Waals surface area contributed by atoms with Gasteiger partial charge in [0.15, 0.2) is 0 Å². The van der Waals surface area contributed by atoms with Crippen LogP contribution in [0.2, 0.25) is 0 Å². The number of aryl methyl sites for hydroxylation is 1. The van der Waals surface area contributed by atoms with Crippen LogP contribution in [0.1, 0.15) is 38.2 Å². The van der Waals surface area contributed by atoms with Gasteiger partial charge in [0.05, 0.1) is 7.11 Å². The highest BCUT2D eigenvalue weighted by atomic mass is 16.5. The standard InChI is InChI=1S/C13H19O/c1-3-4-5-6-8-12-9-7-10-13(11-12)14-2/h7,9-10H,3-6,8H2,1-2H3. The van der Waals surface area contributed by atoms with Gasteiger partial charge >= 0.3 is 0 Å². The van der Waals surface area contributed by atoms with Crippen molar-refractivity contribution in [1.29, 1.82) is 0 Å². The Kier molecular flexibility index (Phi) is 5.13. The fraction of sp³-hybridized carbons (Fsp3) is 0.538. The van der Waals surface area contributed by atoms with Gasteiger partial charge in [0, 0.05) is 6.07 Å². The van der Waals surface area contributed by atoms with E-state index in [4.69, 9.17) is 4.74 Å². The fourth-order valence-electron chi connectivity index (χ4n) is 1.50. The van der Waals surface area contributed by atoms with Crippen molar-refractivity contribution in [2.45, 2.75) is 39.0 Å². The third-order valence-corrected chi connectivity index (χ3v) is 2.35. The first-order chi connectivity index (χ1) is 6.86. The molecule has 0 saturated heterocycles. The van der Waals surface area contributed by atoms with Crippen molar-refractivity contribution in [1.82, 2.24) is 0 Å². The van der Waals surface area contributed by atoms with E-state index in [1.54, 1.807) is 7.11 Å². The molecule has 0 heterocycles. The molecule has 1 aromatic carbocycles. The van der Waals surface area contributed by atoms with Gasteiger partial charge in [-0.2, -0.15) is 0 Å². The van der Waals surface area contributed by atoms with E-state index in [9.17, 15) is 0 Å². The number of methoxy groups -OCH3 is 1. The van der Waals surface area contributed by atoms with Crippen LogP contribution in [0.25, 0.3) is 0 Å². The van der Waals surface area contributed by atoms with Crippen LogP contribution < -0.4 is 4.74 Å². The summed E-state index contributed by atoms with van der Waals surface area (Å²) >= 11 is 0. The maximum atomic E-state index is 5.13. The Morgan fingerprint density at radius 1 is 1.21 bits per heavy atom. The minimum absolute atomic E-state index is 0.845. The lowest BCUT2D eigenvalue weighted by Gasteiger charge is -2.03. The molecule has 0 saturated carbocycles. The molecule has 77 valence electrons. The van der Waals surface area contributed by atoms with E-state index in [0.29, 0.717) is 0 Å². The Labute approximate surface area is 87.1 Å². The van der Waals surface area contributed by atoms with Crippen LogP contribution >= 0.6 is 0 Å². The van der Waals surface area contributed by atoms with E-state index in [1.807, 2.05) is 12.1 Å². The second-order valence-electron chi connectivity index (χ2n) is 3.56. The van der Waals surface area contributed by atoms with Gasteiger partial charge in [-0.25, -0.2) is 0 Å². The molecule has 0 aliphatic heterocycles. The smallest absolute Gasteiger partial charge is 0.127 e. The molecule has 1 rings (SSSR count). The zero-order valence-corrected chi connectivity index (χ0v) is 9.18. The minimum atomic E-state index is 0.845. The van der Waals surface area contributed by atoms with Crippen LogP contribution in [-0.2, 0) is 6.42 Å². The van der Waals surface area contributed by atoms with E-state index >= 15 is 0 Å². The van der Waals surface area contributed by atoms with Crippen LogP contribution in [0, 0.1) is 6.07 Å². The van der Waals surface area contributed by atoms with Gasteiger partial charge in [-0.15, -0.1) is 0 Å². The third kappa shape index (κ3) is 3.82. The highest BCUT2D eigenvalue weighted by Gasteiger charge is 1.96. The maximum Gasteiger partial charge on any atom is 0.127 e. The number of hydrogen-bond donors (Lipinski definition) is 0. The van der Waals surface area contributed by atoms with Crippen molar-refractivity contribution >= 4 is 0 Å². The number of benzene rings is 1. The Bertz CT molecular complexity index is 255. The molecule has 14 heavy (non-hydrogen) atoms. The lowest BCUT2D eigenvalue weighted by molar-refractivity contribution is 0.413. The second-order valence-corrected chi connectivity index (χ2v) is 3.56. The van der Waals surface area contributed by atoms with Crippen molar-refractivity contribution < 1.29 is 4.74 Å². The van der Waals surface area contributed by atoms with Gasteiger partial charge in [0.25, 0.3) is 0 Å². The van der Waals surface area contributed by atoms with Gasteiger partial charge in [-0.1, -0.05) is 38.3 Å². The molecule has 0 spiro atoms. The van der Waals surface area contributed by atoms with Gasteiger partial charge in [0.2, 0.25) is 0 Å². The highest BCUT2D eigenvalue weighted by Crippen LogP contribution is 2.14. The third-order valence-electron chi connectivity index (χ3n) is 2.35. The summed E-state index contributed by atoms with van der Waals surface area (Å²) < 4.78 is 5.13. The van der Waals surface area contributed by atoms with Crippen LogP contribution in [0.3, 0.4) is 0 Å². The van der Waals surface area contributed by atoms with Crippen LogP contribution in [-0.4, -0.2) is 7.11 Å². The monoisotopic (exact) mass is 191 g/mol. The van der Waals surface area contributed by atoms with E-state index in [1.165, 1.54) is 31.2 Å². The molecule has 0 bridgehead atoms. The first-order valence-electron chi connectivity index (χ1n) is 5.42. The van der Waals surface area contributed by atoms with Crippen molar-refractivity contribution in [3.05, 3.63) is 29.8 Å². The summed E-state index contributed by atoms with van der Waals surface area (Å²) in [7, 11) is 1.69. The van der Waals surface area contributed by atoms with Crippen molar-refractivity contribution in [3.8, 4) is 5.75 Å². The highest BCUT2D eigenvalue weighted by molar-refractivity contribution is 5.26. The van der Waals surface area contributed by atoms with Gasteiger partial charge in [-0.05, 0) is 24.5 Å². The Morgan fingerprint density at radius 2 is 2.07 bits per heavy atom. The topological polar surface area (TPSA) is 9.23 Å². The van der Waals surface area contributed by atoms with Crippen LogP contribution in [0.15, 0.2) is 18.2 Å². The average molecular weight is 191 g/mol. The molecule has 0 fully saturated rings. The summed E-state index contributed by atoms with van der Waals surface area (Å²) in [4.78, 5) is 0. The molecule has 1 heteroatoms. The normalized spacial score (nSPS) is 10.1.